The van der Waals surface area contributed by atoms with Crippen LogP contribution >= 0.6 is 0 Å². The monoisotopic (exact) mass is 951 g/mol. The fourth-order valence-electron chi connectivity index (χ4n) is 9.10. The summed E-state index contributed by atoms with van der Waals surface area (Å²) in [6.45, 7) is 10.5. The number of benzene rings is 1. The van der Waals surface area contributed by atoms with Crippen LogP contribution in [-0.2, 0) is 33.9 Å². The number of esters is 1. The van der Waals surface area contributed by atoms with Crippen LogP contribution in [0.5, 0.6) is 11.5 Å². The van der Waals surface area contributed by atoms with Crippen LogP contribution in [0.15, 0.2) is 67.1 Å². The molecule has 4 heterocycles. The number of rotatable bonds is 12. The Morgan fingerprint density at radius 2 is 1.69 bits per heavy atom. The summed E-state index contributed by atoms with van der Waals surface area (Å²) in [6.07, 6.45) is 4.10. The summed E-state index contributed by atoms with van der Waals surface area (Å²) in [6, 6.07) is 9.50. The highest BCUT2D eigenvalue weighted by Crippen LogP contribution is 2.58. The SMILES string of the molecule is CC(C)Oc1ccc(-c2cc(O[C@@H]3C[C@H]4C(=O)C[C@]5(C(=O)NS(=O)(=O)C6(C)CC6)C[C@H]5/C=C\CC[C@@H](C)C[C@@H](C)[C@H](CC(=O)OC(C)(C)C(F)(F)F)C(=O)N4C3)cc(-c3cnccn3)n2)cc1. The van der Waals surface area contributed by atoms with Crippen molar-refractivity contribution in [3.63, 3.8) is 0 Å². The number of ketones is 1. The van der Waals surface area contributed by atoms with Gasteiger partial charge in [0.25, 0.3) is 0 Å². The number of carbonyl (C=O) groups is 4. The molecule has 3 aromatic rings. The second kappa shape index (κ2) is 18.9. The van der Waals surface area contributed by atoms with Gasteiger partial charge in [-0.2, -0.15) is 13.2 Å². The molecule has 0 radical (unpaired) electrons. The zero-order chi connectivity index (χ0) is 48.7. The number of pyridine rings is 1. The number of fused-ring (bicyclic) bond motifs is 2. The molecule has 2 aromatic heterocycles. The molecule has 7 atom stereocenters. The molecule has 2 amide bonds. The van der Waals surface area contributed by atoms with Crippen LogP contribution in [0, 0.1) is 29.1 Å². The number of amides is 2. The molecule has 14 nitrogen and oxygen atoms in total. The summed E-state index contributed by atoms with van der Waals surface area (Å²) in [5.74, 6) is -4.37. The highest BCUT2D eigenvalue weighted by molar-refractivity contribution is 7.91. The maximum absolute atomic E-state index is 15.1. The van der Waals surface area contributed by atoms with Gasteiger partial charge in [0, 0.05) is 42.9 Å². The molecule has 3 fully saturated rings. The van der Waals surface area contributed by atoms with Gasteiger partial charge in [0.1, 0.15) is 23.3 Å². The van der Waals surface area contributed by atoms with E-state index >= 15 is 4.79 Å². The fraction of sp³-hybridized carbons (Fsp3) is 0.571. The van der Waals surface area contributed by atoms with Crippen molar-refractivity contribution in [2.24, 2.45) is 29.1 Å². The minimum Gasteiger partial charge on any atom is -0.491 e. The number of hydrogen-bond donors (Lipinski definition) is 1. The van der Waals surface area contributed by atoms with Gasteiger partial charge in [-0.05, 0) is 115 Å². The lowest BCUT2D eigenvalue weighted by Gasteiger charge is -2.33. The van der Waals surface area contributed by atoms with Gasteiger partial charge in [-0.25, -0.2) is 13.4 Å². The first-order chi connectivity index (χ1) is 31.4. The van der Waals surface area contributed by atoms with Crippen molar-refractivity contribution in [1.29, 1.82) is 0 Å². The lowest BCUT2D eigenvalue weighted by atomic mass is 9.82. The third-order valence-electron chi connectivity index (χ3n) is 13.7. The molecule has 4 aliphatic rings. The summed E-state index contributed by atoms with van der Waals surface area (Å²) in [5.41, 5.74) is -2.16. The molecule has 1 aromatic carbocycles. The van der Waals surface area contributed by atoms with E-state index in [0.717, 1.165) is 19.4 Å². The average molecular weight is 952 g/mol. The Kier molecular flexibility index (Phi) is 14.0. The average Bonchev–Trinajstić information content (AvgIpc) is 4.14. The van der Waals surface area contributed by atoms with Gasteiger partial charge in [-0.1, -0.05) is 26.0 Å². The van der Waals surface area contributed by atoms with Crippen LogP contribution < -0.4 is 14.2 Å². The Hall–Kier alpha value is -5.39. The largest absolute Gasteiger partial charge is 0.491 e. The molecule has 2 saturated carbocycles. The van der Waals surface area contributed by atoms with E-state index < -0.39 is 98.3 Å². The molecule has 2 aliphatic carbocycles. The molecule has 0 spiro atoms. The maximum atomic E-state index is 15.1. The molecule has 67 heavy (non-hydrogen) atoms. The number of Topliss-reactive ketones (excluding diaryl/α,β-unsaturated/α-hetero) is 1. The number of ether oxygens (including phenoxy) is 3. The van der Waals surface area contributed by atoms with E-state index in [4.69, 9.17) is 19.2 Å². The van der Waals surface area contributed by atoms with Crippen LogP contribution in [0.4, 0.5) is 13.2 Å². The Bertz CT molecular complexity index is 2480. The standard InChI is InChI=1S/C49H60F3N5O9S/c1-29(2)64-34-14-12-32(13-15-34)38-21-35(22-39(55-38)40-27-53-18-19-54-40)65-36-23-41-42(58)26-48(45(61)56-67(62,63)47(7)16-17-47)25-33(48)11-9-8-10-30(3)20-31(4)37(44(60)57(41)28-36)24-43(59)66-46(5,6)49(50,51)52/h9,11-15,18-19,21-22,27,29-31,33,36-37,41H,8,10,16-17,20,23-26,28H2,1-7H3,(H,56,61)/b11-9-/t30-,31-,33-,36-,37+,41+,48-/m1/s1. The van der Waals surface area contributed by atoms with Crippen LogP contribution in [0.1, 0.15) is 106 Å². The summed E-state index contributed by atoms with van der Waals surface area (Å²) in [7, 11) is -4.06. The van der Waals surface area contributed by atoms with Crippen LogP contribution in [0.25, 0.3) is 22.6 Å². The van der Waals surface area contributed by atoms with Gasteiger partial charge in [0.15, 0.2) is 5.78 Å². The number of aromatic nitrogens is 3. The molecular formula is C49H60F3N5O9S. The van der Waals surface area contributed by atoms with Gasteiger partial charge >= 0.3 is 12.1 Å². The van der Waals surface area contributed by atoms with E-state index in [1.807, 2.05) is 57.2 Å². The van der Waals surface area contributed by atoms with Crippen molar-refractivity contribution < 1.29 is 55.0 Å². The van der Waals surface area contributed by atoms with Gasteiger partial charge in [0.2, 0.25) is 27.4 Å². The van der Waals surface area contributed by atoms with Crippen LogP contribution in [-0.4, -0.2) is 93.2 Å². The predicted molar refractivity (Wildman–Crippen MR) is 242 cm³/mol. The number of allylic oxidation sites excluding steroid dienone is 2. The Morgan fingerprint density at radius 3 is 2.33 bits per heavy atom. The maximum Gasteiger partial charge on any atom is 0.427 e. The third kappa shape index (κ3) is 11.2. The Balaban J connectivity index is 1.25. The predicted octanol–water partition coefficient (Wildman–Crippen LogP) is 8.21. The first-order valence-electron chi connectivity index (χ1n) is 23.0. The van der Waals surface area contributed by atoms with Crippen molar-refractivity contribution in [3.05, 3.63) is 67.1 Å². The highest BCUT2D eigenvalue weighted by atomic mass is 32.2. The molecule has 1 saturated heterocycles. The highest BCUT2D eigenvalue weighted by Gasteiger charge is 2.63. The lowest BCUT2D eigenvalue weighted by Crippen LogP contribution is -2.48. The van der Waals surface area contributed by atoms with Crippen molar-refractivity contribution in [3.8, 4) is 34.1 Å². The third-order valence-corrected chi connectivity index (χ3v) is 15.8. The molecule has 0 bridgehead atoms. The van der Waals surface area contributed by atoms with Crippen molar-refractivity contribution in [1.82, 2.24) is 24.6 Å². The number of sulfonamides is 1. The molecule has 2 aliphatic heterocycles. The molecular weight excluding hydrogens is 892 g/mol. The van der Waals surface area contributed by atoms with Crippen LogP contribution in [0.3, 0.4) is 0 Å². The topological polar surface area (TPSA) is 184 Å². The molecule has 18 heteroatoms. The molecule has 362 valence electrons. The van der Waals surface area contributed by atoms with Crippen molar-refractivity contribution in [2.45, 2.75) is 141 Å². The molecule has 7 rings (SSSR count). The second-order valence-electron chi connectivity index (χ2n) is 19.9. The number of hydrogen-bond acceptors (Lipinski definition) is 12. The number of nitrogens with zero attached hydrogens (tertiary/aromatic N) is 4. The van der Waals surface area contributed by atoms with Crippen molar-refractivity contribution in [2.75, 3.05) is 6.54 Å². The zero-order valence-electron chi connectivity index (χ0n) is 39.0. The van der Waals surface area contributed by atoms with Gasteiger partial charge < -0.3 is 19.1 Å². The van der Waals surface area contributed by atoms with Crippen molar-refractivity contribution >= 4 is 33.6 Å². The number of alkyl halides is 3. The fourth-order valence-corrected chi connectivity index (χ4v) is 10.4. The number of halogens is 3. The van der Waals surface area contributed by atoms with E-state index in [1.54, 1.807) is 32.2 Å². The van der Waals surface area contributed by atoms with Gasteiger partial charge in [0.05, 0.1) is 58.8 Å². The minimum absolute atomic E-state index is 0.00480. The summed E-state index contributed by atoms with van der Waals surface area (Å²) >= 11 is 0. The number of nitrogens with one attached hydrogen (secondary N) is 1. The van der Waals surface area contributed by atoms with E-state index in [-0.39, 0.29) is 31.4 Å². The van der Waals surface area contributed by atoms with E-state index in [0.29, 0.717) is 60.7 Å². The van der Waals surface area contributed by atoms with E-state index in [9.17, 15) is 36.0 Å². The first kappa shape index (κ1) is 49.5. The Labute approximate surface area is 389 Å². The summed E-state index contributed by atoms with van der Waals surface area (Å²) in [5, 5.41) is 0. The quantitative estimate of drug-likeness (QED) is 0.136. The molecule has 0 unspecified atom stereocenters. The van der Waals surface area contributed by atoms with E-state index in [1.165, 1.54) is 17.3 Å². The van der Waals surface area contributed by atoms with Gasteiger partial charge in [-0.3, -0.25) is 33.9 Å². The summed E-state index contributed by atoms with van der Waals surface area (Å²) < 4.78 is 87.1. The van der Waals surface area contributed by atoms with Crippen LogP contribution in [0.2, 0.25) is 0 Å². The second-order valence-corrected chi connectivity index (χ2v) is 22.1. The Morgan fingerprint density at radius 1 is 0.985 bits per heavy atom. The summed E-state index contributed by atoms with van der Waals surface area (Å²) in [4.78, 5) is 72.3. The zero-order valence-corrected chi connectivity index (χ0v) is 39.8. The lowest BCUT2D eigenvalue weighted by molar-refractivity contribution is -0.257. The first-order valence-corrected chi connectivity index (χ1v) is 24.5. The normalized spacial score (nSPS) is 27.2. The number of carbonyl (C=O) groups excluding carboxylic acids is 4. The van der Waals surface area contributed by atoms with E-state index in [2.05, 4.69) is 14.7 Å². The molecule has 1 N–H and O–H groups in total. The van der Waals surface area contributed by atoms with Gasteiger partial charge in [-0.15, -0.1) is 0 Å². The smallest absolute Gasteiger partial charge is 0.427 e. The minimum atomic E-state index is -4.89.